The molecule has 2 atom stereocenters. The number of carbonyl (C=O) groups is 3. The average molecular weight is 303 g/mol. The SMILES string of the molecule is CC(=O)Nc1ccc(NC(=O)[C@@H]2CCCC[C@@H]2C(=O)[O-])cc1. The van der Waals surface area contributed by atoms with Crippen LogP contribution in [0.15, 0.2) is 24.3 Å². The number of nitrogens with one attached hydrogen (secondary N) is 2. The Morgan fingerprint density at radius 2 is 1.45 bits per heavy atom. The molecule has 1 aliphatic carbocycles. The monoisotopic (exact) mass is 303 g/mol. The summed E-state index contributed by atoms with van der Waals surface area (Å²) in [7, 11) is 0. The van der Waals surface area contributed by atoms with Gasteiger partial charge in [0.25, 0.3) is 0 Å². The van der Waals surface area contributed by atoms with E-state index in [0.29, 0.717) is 24.2 Å². The fourth-order valence-electron chi connectivity index (χ4n) is 2.80. The van der Waals surface area contributed by atoms with E-state index in [0.717, 1.165) is 12.8 Å². The Bertz CT molecular complexity index is 568. The fourth-order valence-corrected chi connectivity index (χ4v) is 2.80. The molecule has 0 radical (unpaired) electrons. The molecule has 2 rings (SSSR count). The molecule has 2 N–H and O–H groups in total. The van der Waals surface area contributed by atoms with E-state index >= 15 is 0 Å². The average Bonchev–Trinajstić information content (AvgIpc) is 2.48. The van der Waals surface area contributed by atoms with Crippen LogP contribution in [0.5, 0.6) is 0 Å². The van der Waals surface area contributed by atoms with Gasteiger partial charge < -0.3 is 20.5 Å². The Balaban J connectivity index is 2.01. The third-order valence-corrected chi connectivity index (χ3v) is 3.88. The Labute approximate surface area is 128 Å². The molecule has 0 bridgehead atoms. The minimum Gasteiger partial charge on any atom is -0.550 e. The molecule has 118 valence electrons. The number of carboxylic acid groups (broad SMARTS) is 1. The zero-order valence-corrected chi connectivity index (χ0v) is 12.4. The third-order valence-electron chi connectivity index (χ3n) is 3.88. The van der Waals surface area contributed by atoms with Gasteiger partial charge in [0, 0.05) is 36.1 Å². The number of benzene rings is 1. The van der Waals surface area contributed by atoms with Crippen LogP contribution in [0.3, 0.4) is 0 Å². The summed E-state index contributed by atoms with van der Waals surface area (Å²) in [6.07, 6.45) is 2.72. The maximum Gasteiger partial charge on any atom is 0.228 e. The highest BCUT2D eigenvalue weighted by Crippen LogP contribution is 2.30. The Morgan fingerprint density at radius 1 is 0.955 bits per heavy atom. The predicted octanol–water partition coefficient (Wildman–Crippen LogP) is 1.14. The van der Waals surface area contributed by atoms with Gasteiger partial charge >= 0.3 is 0 Å². The van der Waals surface area contributed by atoms with Crippen molar-refractivity contribution in [3.8, 4) is 0 Å². The highest BCUT2D eigenvalue weighted by Gasteiger charge is 2.31. The molecule has 1 aliphatic rings. The molecule has 1 aromatic carbocycles. The van der Waals surface area contributed by atoms with Gasteiger partial charge in [-0.1, -0.05) is 12.8 Å². The van der Waals surface area contributed by atoms with E-state index in [-0.39, 0.29) is 11.8 Å². The number of anilines is 2. The lowest BCUT2D eigenvalue weighted by Crippen LogP contribution is -2.42. The van der Waals surface area contributed by atoms with Crippen molar-refractivity contribution < 1.29 is 19.5 Å². The van der Waals surface area contributed by atoms with Crippen LogP contribution in [0.4, 0.5) is 11.4 Å². The van der Waals surface area contributed by atoms with Crippen molar-refractivity contribution in [2.45, 2.75) is 32.6 Å². The molecule has 6 heteroatoms. The second-order valence-electron chi connectivity index (χ2n) is 5.56. The van der Waals surface area contributed by atoms with E-state index in [9.17, 15) is 19.5 Å². The van der Waals surface area contributed by atoms with E-state index in [1.54, 1.807) is 24.3 Å². The summed E-state index contributed by atoms with van der Waals surface area (Å²) < 4.78 is 0. The first kappa shape index (κ1) is 16.0. The number of amides is 2. The Kier molecular flexibility index (Phi) is 5.14. The number of aliphatic carboxylic acids is 1. The maximum absolute atomic E-state index is 12.3. The van der Waals surface area contributed by atoms with Gasteiger partial charge in [-0.2, -0.15) is 0 Å². The minimum absolute atomic E-state index is 0.171. The zero-order valence-electron chi connectivity index (χ0n) is 12.4. The van der Waals surface area contributed by atoms with E-state index < -0.39 is 17.8 Å². The molecule has 1 fully saturated rings. The summed E-state index contributed by atoms with van der Waals surface area (Å²) in [5.41, 5.74) is 1.21. The molecule has 2 amide bonds. The van der Waals surface area contributed by atoms with Crippen LogP contribution in [-0.4, -0.2) is 17.8 Å². The standard InChI is InChI=1S/C16H20N2O4/c1-10(19)17-11-6-8-12(9-7-11)18-15(20)13-4-2-3-5-14(13)16(21)22/h6-9,13-14H,2-5H2,1H3,(H,17,19)(H,18,20)(H,21,22)/p-1/t13-,14+/m1/s1. The Hall–Kier alpha value is -2.37. The van der Waals surface area contributed by atoms with Gasteiger partial charge in [0.15, 0.2) is 0 Å². The number of rotatable bonds is 4. The maximum atomic E-state index is 12.3. The van der Waals surface area contributed by atoms with Gasteiger partial charge in [-0.15, -0.1) is 0 Å². The van der Waals surface area contributed by atoms with Crippen LogP contribution in [0.25, 0.3) is 0 Å². The molecule has 1 aromatic rings. The number of carboxylic acids is 1. The summed E-state index contributed by atoms with van der Waals surface area (Å²) in [6.45, 7) is 1.42. The van der Waals surface area contributed by atoms with Gasteiger partial charge in [-0.3, -0.25) is 9.59 Å². The van der Waals surface area contributed by atoms with Crippen molar-refractivity contribution in [3.05, 3.63) is 24.3 Å². The molecule has 22 heavy (non-hydrogen) atoms. The van der Waals surface area contributed by atoms with Gasteiger partial charge in [-0.05, 0) is 37.1 Å². The molecule has 0 aromatic heterocycles. The molecule has 0 saturated heterocycles. The van der Waals surface area contributed by atoms with Gasteiger partial charge in [-0.25, -0.2) is 0 Å². The second-order valence-corrected chi connectivity index (χ2v) is 5.56. The molecule has 0 aliphatic heterocycles. The zero-order chi connectivity index (χ0) is 16.1. The van der Waals surface area contributed by atoms with Crippen LogP contribution in [0.2, 0.25) is 0 Å². The number of carbonyl (C=O) groups excluding carboxylic acids is 3. The van der Waals surface area contributed by atoms with E-state index in [1.807, 2.05) is 0 Å². The lowest BCUT2D eigenvalue weighted by Gasteiger charge is -2.31. The van der Waals surface area contributed by atoms with Crippen LogP contribution in [0.1, 0.15) is 32.6 Å². The van der Waals surface area contributed by atoms with Gasteiger partial charge in [0.2, 0.25) is 11.8 Å². The first-order valence-corrected chi connectivity index (χ1v) is 7.37. The van der Waals surface area contributed by atoms with Crippen LogP contribution in [0, 0.1) is 11.8 Å². The molecule has 0 spiro atoms. The van der Waals surface area contributed by atoms with Gasteiger partial charge in [0.1, 0.15) is 0 Å². The molecule has 0 unspecified atom stereocenters. The number of hydrogen-bond acceptors (Lipinski definition) is 4. The lowest BCUT2D eigenvalue weighted by atomic mass is 9.78. The van der Waals surface area contributed by atoms with Crippen molar-refractivity contribution >= 4 is 29.2 Å². The first-order valence-electron chi connectivity index (χ1n) is 7.37. The highest BCUT2D eigenvalue weighted by molar-refractivity contribution is 5.95. The lowest BCUT2D eigenvalue weighted by molar-refractivity contribution is -0.313. The molecule has 1 saturated carbocycles. The summed E-state index contributed by atoms with van der Waals surface area (Å²) >= 11 is 0. The second kappa shape index (κ2) is 7.06. The Morgan fingerprint density at radius 3 is 1.95 bits per heavy atom. The molecule has 6 nitrogen and oxygen atoms in total. The van der Waals surface area contributed by atoms with Crippen LogP contribution >= 0.6 is 0 Å². The first-order chi connectivity index (χ1) is 10.5. The van der Waals surface area contributed by atoms with Gasteiger partial charge in [0.05, 0.1) is 0 Å². The number of hydrogen-bond donors (Lipinski definition) is 2. The van der Waals surface area contributed by atoms with Crippen molar-refractivity contribution in [2.75, 3.05) is 10.6 Å². The normalized spacial score (nSPS) is 21.0. The highest BCUT2D eigenvalue weighted by atomic mass is 16.4. The van der Waals surface area contributed by atoms with E-state index in [2.05, 4.69) is 10.6 Å². The van der Waals surface area contributed by atoms with Crippen molar-refractivity contribution in [3.63, 3.8) is 0 Å². The van der Waals surface area contributed by atoms with Crippen molar-refractivity contribution in [1.29, 1.82) is 0 Å². The van der Waals surface area contributed by atoms with Crippen molar-refractivity contribution in [2.24, 2.45) is 11.8 Å². The minimum atomic E-state index is -1.15. The molecular weight excluding hydrogens is 284 g/mol. The largest absolute Gasteiger partial charge is 0.550 e. The smallest absolute Gasteiger partial charge is 0.228 e. The van der Waals surface area contributed by atoms with Crippen LogP contribution < -0.4 is 15.7 Å². The predicted molar refractivity (Wildman–Crippen MR) is 79.8 cm³/mol. The summed E-state index contributed by atoms with van der Waals surface area (Å²) in [5, 5.41) is 16.5. The van der Waals surface area contributed by atoms with Crippen molar-refractivity contribution in [1.82, 2.24) is 0 Å². The molecule has 0 heterocycles. The third kappa shape index (κ3) is 4.07. The fraction of sp³-hybridized carbons (Fsp3) is 0.438. The van der Waals surface area contributed by atoms with E-state index in [1.165, 1.54) is 6.92 Å². The summed E-state index contributed by atoms with van der Waals surface area (Å²) in [4.78, 5) is 34.4. The summed E-state index contributed by atoms with van der Waals surface area (Å²) in [5.74, 6) is -2.88. The van der Waals surface area contributed by atoms with E-state index in [4.69, 9.17) is 0 Å². The quantitative estimate of drug-likeness (QED) is 0.871. The summed E-state index contributed by atoms with van der Waals surface area (Å²) in [6, 6.07) is 6.68. The van der Waals surface area contributed by atoms with Crippen LogP contribution in [-0.2, 0) is 14.4 Å². The topological polar surface area (TPSA) is 98.3 Å². The molecular formula is C16H19N2O4-.